The number of rotatable bonds is 5. The second-order valence-corrected chi connectivity index (χ2v) is 5.16. The minimum atomic E-state index is -0.225. The number of hydrogen-bond donors (Lipinski definition) is 2. The summed E-state index contributed by atoms with van der Waals surface area (Å²) in [6, 6.07) is 0. The Morgan fingerprint density at radius 1 is 1.35 bits per heavy atom. The van der Waals surface area contributed by atoms with Gasteiger partial charge in [-0.1, -0.05) is 23.2 Å². The van der Waals surface area contributed by atoms with Crippen molar-refractivity contribution in [3.8, 4) is 0 Å². The van der Waals surface area contributed by atoms with Crippen molar-refractivity contribution in [2.24, 2.45) is 0 Å². The van der Waals surface area contributed by atoms with E-state index in [1.807, 2.05) is 0 Å². The summed E-state index contributed by atoms with van der Waals surface area (Å²) in [5.41, 5.74) is 0.239. The normalized spacial score (nSPS) is 16.1. The largest absolute Gasteiger partial charge is 0.378 e. The van der Waals surface area contributed by atoms with E-state index in [0.29, 0.717) is 6.61 Å². The number of piperidine rings is 1. The van der Waals surface area contributed by atoms with Gasteiger partial charge in [0.25, 0.3) is 0 Å². The van der Waals surface area contributed by atoms with Crippen LogP contribution in [0.25, 0.3) is 0 Å². The molecule has 0 unspecified atom stereocenters. The van der Waals surface area contributed by atoms with Gasteiger partial charge in [0, 0.05) is 0 Å². The molecule has 1 amide bonds. The average Bonchev–Trinajstić information content (AvgIpc) is 2.44. The highest BCUT2D eigenvalue weighted by atomic mass is 35.5. The van der Waals surface area contributed by atoms with E-state index in [-0.39, 0.29) is 34.4 Å². The lowest BCUT2D eigenvalue weighted by atomic mass is 10.1. The molecule has 1 aromatic heterocycles. The number of carbonyl (C=O) groups is 1. The van der Waals surface area contributed by atoms with Gasteiger partial charge >= 0.3 is 0 Å². The third-order valence-corrected chi connectivity index (χ3v) is 3.56. The Labute approximate surface area is 127 Å². The molecule has 20 heavy (non-hydrogen) atoms. The summed E-state index contributed by atoms with van der Waals surface area (Å²) in [7, 11) is 0. The number of halogens is 2. The van der Waals surface area contributed by atoms with Gasteiger partial charge < -0.3 is 15.4 Å². The Morgan fingerprint density at radius 3 is 2.65 bits per heavy atom. The predicted molar refractivity (Wildman–Crippen MR) is 77.1 cm³/mol. The van der Waals surface area contributed by atoms with Crippen LogP contribution in [0, 0.1) is 0 Å². The van der Waals surface area contributed by atoms with Crippen LogP contribution in [0.1, 0.15) is 19.3 Å². The van der Waals surface area contributed by atoms with Gasteiger partial charge in [0.15, 0.2) is 10.3 Å². The Hall–Kier alpha value is -0.950. The monoisotopic (exact) mass is 318 g/mol. The van der Waals surface area contributed by atoms with Crippen LogP contribution in [-0.2, 0) is 9.53 Å². The first-order chi connectivity index (χ1) is 9.66. The molecule has 2 N–H and O–H groups in total. The van der Waals surface area contributed by atoms with Crippen molar-refractivity contribution in [2.75, 3.05) is 25.0 Å². The molecule has 0 aliphatic carbocycles. The Kier molecular flexibility index (Phi) is 5.97. The molecular formula is C12H16Cl2N4O2. The first-order valence-corrected chi connectivity index (χ1v) is 7.20. The minimum Gasteiger partial charge on any atom is -0.378 e. The molecule has 0 bridgehead atoms. The SMILES string of the molecule is O=C(CCOC1CCNCC1)Nc1c(Cl)ncnc1Cl. The first kappa shape index (κ1) is 15.4. The summed E-state index contributed by atoms with van der Waals surface area (Å²) in [6.07, 6.45) is 3.67. The number of nitrogens with zero attached hydrogens (tertiary/aromatic N) is 2. The topological polar surface area (TPSA) is 76.1 Å². The van der Waals surface area contributed by atoms with E-state index in [1.54, 1.807) is 0 Å². The third-order valence-electron chi connectivity index (χ3n) is 2.99. The molecule has 0 spiro atoms. The fourth-order valence-electron chi connectivity index (χ4n) is 1.93. The minimum absolute atomic E-state index is 0.123. The van der Waals surface area contributed by atoms with Gasteiger partial charge in [-0.05, 0) is 25.9 Å². The van der Waals surface area contributed by atoms with E-state index in [4.69, 9.17) is 27.9 Å². The number of aromatic nitrogens is 2. The maximum atomic E-state index is 11.8. The van der Waals surface area contributed by atoms with Crippen molar-refractivity contribution in [3.05, 3.63) is 16.6 Å². The van der Waals surface area contributed by atoms with E-state index in [1.165, 1.54) is 6.33 Å². The quantitative estimate of drug-likeness (QED) is 0.811. The van der Waals surface area contributed by atoms with Crippen molar-refractivity contribution in [3.63, 3.8) is 0 Å². The van der Waals surface area contributed by atoms with Crippen molar-refractivity contribution in [2.45, 2.75) is 25.4 Å². The van der Waals surface area contributed by atoms with Gasteiger partial charge in [-0.3, -0.25) is 4.79 Å². The Morgan fingerprint density at radius 2 is 2.00 bits per heavy atom. The number of carbonyl (C=O) groups excluding carboxylic acids is 1. The maximum absolute atomic E-state index is 11.8. The van der Waals surface area contributed by atoms with Crippen LogP contribution in [-0.4, -0.2) is 41.7 Å². The van der Waals surface area contributed by atoms with Crippen LogP contribution in [0.5, 0.6) is 0 Å². The molecule has 2 rings (SSSR count). The molecule has 0 aromatic carbocycles. The zero-order valence-corrected chi connectivity index (χ0v) is 12.4. The third kappa shape index (κ3) is 4.56. The number of ether oxygens (including phenoxy) is 1. The lowest BCUT2D eigenvalue weighted by molar-refractivity contribution is -0.117. The lowest BCUT2D eigenvalue weighted by Gasteiger charge is -2.22. The molecule has 110 valence electrons. The molecule has 1 fully saturated rings. The number of amides is 1. The van der Waals surface area contributed by atoms with Crippen LogP contribution in [0.4, 0.5) is 5.69 Å². The molecule has 0 saturated carbocycles. The zero-order chi connectivity index (χ0) is 14.4. The molecule has 2 heterocycles. The summed E-state index contributed by atoms with van der Waals surface area (Å²) in [6.45, 7) is 2.30. The molecule has 0 atom stereocenters. The molecule has 1 aliphatic heterocycles. The standard InChI is InChI=1S/C12H16Cl2N4O2/c13-11-10(12(14)17-7-16-11)18-9(19)3-6-20-8-1-4-15-5-2-8/h7-8,15H,1-6H2,(H,18,19). The lowest BCUT2D eigenvalue weighted by Crippen LogP contribution is -2.33. The van der Waals surface area contributed by atoms with Crippen molar-refractivity contribution >= 4 is 34.8 Å². The second kappa shape index (κ2) is 7.73. The fraction of sp³-hybridized carbons (Fsp3) is 0.583. The molecule has 1 aromatic rings. The molecule has 0 radical (unpaired) electrons. The van der Waals surface area contributed by atoms with Crippen LogP contribution in [0.15, 0.2) is 6.33 Å². The fourth-order valence-corrected chi connectivity index (χ4v) is 2.34. The molecule has 6 nitrogen and oxygen atoms in total. The van der Waals surface area contributed by atoms with E-state index in [9.17, 15) is 4.79 Å². The number of nitrogens with one attached hydrogen (secondary N) is 2. The number of anilines is 1. The first-order valence-electron chi connectivity index (χ1n) is 6.45. The second-order valence-electron chi connectivity index (χ2n) is 4.45. The number of hydrogen-bond acceptors (Lipinski definition) is 5. The highest BCUT2D eigenvalue weighted by Crippen LogP contribution is 2.25. The maximum Gasteiger partial charge on any atom is 0.226 e. The molecule has 1 aliphatic rings. The Balaban J connectivity index is 1.75. The van der Waals surface area contributed by atoms with Crippen molar-refractivity contribution in [1.82, 2.24) is 15.3 Å². The summed E-state index contributed by atoms with van der Waals surface area (Å²) in [4.78, 5) is 19.3. The summed E-state index contributed by atoms with van der Waals surface area (Å²) in [5.74, 6) is -0.225. The van der Waals surface area contributed by atoms with Gasteiger partial charge in [0.05, 0.1) is 19.1 Å². The molecular weight excluding hydrogens is 303 g/mol. The van der Waals surface area contributed by atoms with Crippen molar-refractivity contribution < 1.29 is 9.53 Å². The zero-order valence-electron chi connectivity index (χ0n) is 10.9. The van der Waals surface area contributed by atoms with E-state index in [0.717, 1.165) is 25.9 Å². The predicted octanol–water partition coefficient (Wildman–Crippen LogP) is 1.88. The smallest absolute Gasteiger partial charge is 0.226 e. The van der Waals surface area contributed by atoms with Crippen molar-refractivity contribution in [1.29, 1.82) is 0 Å². The average molecular weight is 319 g/mol. The molecule has 8 heteroatoms. The van der Waals surface area contributed by atoms with Gasteiger partial charge in [-0.2, -0.15) is 0 Å². The summed E-state index contributed by atoms with van der Waals surface area (Å²) < 4.78 is 5.65. The van der Waals surface area contributed by atoms with Gasteiger partial charge in [-0.25, -0.2) is 9.97 Å². The van der Waals surface area contributed by atoms with Gasteiger partial charge in [0.2, 0.25) is 5.91 Å². The van der Waals surface area contributed by atoms with Crippen LogP contribution < -0.4 is 10.6 Å². The van der Waals surface area contributed by atoms with Crippen LogP contribution in [0.2, 0.25) is 10.3 Å². The van der Waals surface area contributed by atoms with Crippen LogP contribution in [0.3, 0.4) is 0 Å². The van der Waals surface area contributed by atoms with E-state index in [2.05, 4.69) is 20.6 Å². The van der Waals surface area contributed by atoms with Gasteiger partial charge in [-0.15, -0.1) is 0 Å². The van der Waals surface area contributed by atoms with Gasteiger partial charge in [0.1, 0.15) is 12.0 Å². The van der Waals surface area contributed by atoms with E-state index < -0.39 is 0 Å². The van der Waals surface area contributed by atoms with Crippen LogP contribution >= 0.6 is 23.2 Å². The Bertz CT molecular complexity index is 447. The summed E-state index contributed by atoms with van der Waals surface area (Å²) in [5, 5.41) is 6.10. The summed E-state index contributed by atoms with van der Waals surface area (Å²) >= 11 is 11.7. The van der Waals surface area contributed by atoms with E-state index >= 15 is 0 Å². The highest BCUT2D eigenvalue weighted by Gasteiger charge is 2.15. The molecule has 1 saturated heterocycles. The highest BCUT2D eigenvalue weighted by molar-refractivity contribution is 6.38.